The van der Waals surface area contributed by atoms with Crippen LogP contribution in [0.25, 0.3) is 0 Å². The number of ether oxygens (including phenoxy) is 1. The minimum Gasteiger partial charge on any atom is -0.496 e. The number of hydrogen-bond donors (Lipinski definition) is 4. The van der Waals surface area contributed by atoms with Crippen molar-refractivity contribution in [3.05, 3.63) is 22.7 Å². The molecule has 1 heterocycles. The molecule has 5 N–H and O–H groups in total. The Morgan fingerprint density at radius 3 is 3.05 bits per heavy atom. The van der Waals surface area contributed by atoms with Crippen molar-refractivity contribution >= 4 is 23.2 Å². The number of aliphatic hydroxyl groups excluding tert-OH is 1. The summed E-state index contributed by atoms with van der Waals surface area (Å²) in [6.45, 7) is 1.80. The molecule has 1 amide bonds. The molecule has 1 aliphatic heterocycles. The number of nitrogen functional groups attached to an aromatic ring is 1. The lowest BCUT2D eigenvalue weighted by molar-refractivity contribution is 0.0752. The largest absolute Gasteiger partial charge is 0.496 e. The number of anilines is 1. The highest BCUT2D eigenvalue weighted by molar-refractivity contribution is 6.33. The summed E-state index contributed by atoms with van der Waals surface area (Å²) in [5.74, 6) is 0.130. The van der Waals surface area contributed by atoms with Gasteiger partial charge >= 0.3 is 0 Å². The Bertz CT molecular complexity index is 524. The normalized spacial score (nSPS) is 21.9. The molecule has 1 aromatic rings. The molecule has 1 saturated heterocycles. The zero-order valence-corrected chi connectivity index (χ0v) is 12.6. The van der Waals surface area contributed by atoms with E-state index in [1.807, 2.05) is 0 Å². The van der Waals surface area contributed by atoms with Crippen LogP contribution in [0.15, 0.2) is 12.1 Å². The molecular weight excluding hydrogens is 294 g/mol. The number of benzene rings is 1. The molecule has 0 unspecified atom stereocenters. The van der Waals surface area contributed by atoms with Crippen LogP contribution < -0.4 is 21.1 Å². The number of halogens is 1. The fourth-order valence-electron chi connectivity index (χ4n) is 2.37. The molecule has 0 bridgehead atoms. The van der Waals surface area contributed by atoms with Gasteiger partial charge in [-0.2, -0.15) is 0 Å². The molecule has 2 atom stereocenters. The van der Waals surface area contributed by atoms with Gasteiger partial charge in [-0.15, -0.1) is 0 Å². The Balaban J connectivity index is 2.04. The van der Waals surface area contributed by atoms with E-state index >= 15 is 0 Å². The smallest absolute Gasteiger partial charge is 0.255 e. The number of methoxy groups -OCH3 is 1. The fraction of sp³-hybridized carbons (Fsp3) is 0.500. The molecule has 7 heteroatoms. The van der Waals surface area contributed by atoms with Crippen LogP contribution in [-0.4, -0.2) is 43.9 Å². The number of nitrogens with two attached hydrogens (primary N) is 1. The van der Waals surface area contributed by atoms with Crippen LogP contribution in [0, 0.1) is 5.92 Å². The Kier molecular flexibility index (Phi) is 5.27. The van der Waals surface area contributed by atoms with Gasteiger partial charge in [0.1, 0.15) is 5.75 Å². The average molecular weight is 314 g/mol. The van der Waals surface area contributed by atoms with Crippen LogP contribution in [0.2, 0.25) is 5.02 Å². The third-order valence-electron chi connectivity index (χ3n) is 3.68. The number of β-amino-alcohol motifs (C(OH)–C–C–N with tert-alkyl or cyclic N) is 1. The summed E-state index contributed by atoms with van der Waals surface area (Å²) in [6.07, 6.45) is 0.372. The number of nitrogens with one attached hydrogen (secondary N) is 2. The molecule has 1 aliphatic rings. The second-order valence-electron chi connectivity index (χ2n) is 5.10. The van der Waals surface area contributed by atoms with E-state index in [0.717, 1.165) is 13.0 Å². The molecule has 116 valence electrons. The first-order chi connectivity index (χ1) is 10.0. The second kappa shape index (κ2) is 6.98. The molecule has 0 saturated carbocycles. The van der Waals surface area contributed by atoms with Gasteiger partial charge in [0.2, 0.25) is 0 Å². The van der Waals surface area contributed by atoms with Gasteiger partial charge in [-0.1, -0.05) is 11.6 Å². The van der Waals surface area contributed by atoms with Crippen LogP contribution in [0.3, 0.4) is 0 Å². The van der Waals surface area contributed by atoms with E-state index in [1.165, 1.54) is 19.2 Å². The predicted octanol–water partition coefficient (Wildman–Crippen LogP) is 0.631. The number of hydrogen-bond acceptors (Lipinski definition) is 5. The third-order valence-corrected chi connectivity index (χ3v) is 4.01. The monoisotopic (exact) mass is 313 g/mol. The van der Waals surface area contributed by atoms with Crippen molar-refractivity contribution in [1.29, 1.82) is 0 Å². The average Bonchev–Trinajstić information content (AvgIpc) is 2.48. The lowest BCUT2D eigenvalue weighted by Crippen LogP contribution is -2.45. The standard InChI is InChI=1S/C14H20ClN3O3/c1-21-13-5-11(16)10(15)4-9(13)14(20)18-6-8-2-3-17-7-12(8)19/h4-5,8,12,17,19H,2-3,6-7,16H2,1H3,(H,18,20)/t8-,12-/m0/s1. The second-order valence-corrected chi connectivity index (χ2v) is 5.51. The lowest BCUT2D eigenvalue weighted by Gasteiger charge is -2.28. The highest BCUT2D eigenvalue weighted by Gasteiger charge is 2.24. The molecule has 21 heavy (non-hydrogen) atoms. The molecular formula is C14H20ClN3O3. The van der Waals surface area contributed by atoms with E-state index in [0.29, 0.717) is 35.1 Å². The van der Waals surface area contributed by atoms with Crippen molar-refractivity contribution in [2.45, 2.75) is 12.5 Å². The zero-order valence-electron chi connectivity index (χ0n) is 11.9. The summed E-state index contributed by atoms with van der Waals surface area (Å²) >= 11 is 5.95. The van der Waals surface area contributed by atoms with E-state index < -0.39 is 6.10 Å². The molecule has 0 aliphatic carbocycles. The van der Waals surface area contributed by atoms with Crippen molar-refractivity contribution < 1.29 is 14.6 Å². The summed E-state index contributed by atoms with van der Waals surface area (Å²) in [5, 5.41) is 16.1. The van der Waals surface area contributed by atoms with Crippen molar-refractivity contribution in [2.75, 3.05) is 32.5 Å². The molecule has 6 nitrogen and oxygen atoms in total. The molecule has 0 radical (unpaired) electrons. The van der Waals surface area contributed by atoms with E-state index in [9.17, 15) is 9.90 Å². The first kappa shape index (κ1) is 15.9. The fourth-order valence-corrected chi connectivity index (χ4v) is 2.53. The van der Waals surface area contributed by atoms with Gasteiger partial charge in [0, 0.05) is 25.1 Å². The number of rotatable bonds is 4. The molecule has 2 rings (SSSR count). The van der Waals surface area contributed by atoms with Crippen molar-refractivity contribution in [3.63, 3.8) is 0 Å². The van der Waals surface area contributed by atoms with E-state index in [1.54, 1.807) is 0 Å². The van der Waals surface area contributed by atoms with Gasteiger partial charge in [0.05, 0.1) is 29.5 Å². The number of carbonyl (C=O) groups excluding carboxylic acids is 1. The van der Waals surface area contributed by atoms with Crippen LogP contribution in [0.4, 0.5) is 5.69 Å². The highest BCUT2D eigenvalue weighted by atomic mass is 35.5. The van der Waals surface area contributed by atoms with Gasteiger partial charge in [0.15, 0.2) is 0 Å². The van der Waals surface area contributed by atoms with Gasteiger partial charge in [-0.3, -0.25) is 4.79 Å². The predicted molar refractivity (Wildman–Crippen MR) is 81.7 cm³/mol. The van der Waals surface area contributed by atoms with Crippen LogP contribution in [0.5, 0.6) is 5.75 Å². The lowest BCUT2D eigenvalue weighted by atomic mass is 9.95. The number of aliphatic hydroxyl groups is 1. The number of amides is 1. The van der Waals surface area contributed by atoms with Crippen LogP contribution in [-0.2, 0) is 0 Å². The van der Waals surface area contributed by atoms with Crippen molar-refractivity contribution in [2.24, 2.45) is 5.92 Å². The summed E-state index contributed by atoms with van der Waals surface area (Å²) in [4.78, 5) is 12.2. The van der Waals surface area contributed by atoms with Crippen molar-refractivity contribution in [3.8, 4) is 5.75 Å². The minimum absolute atomic E-state index is 0.0467. The maximum absolute atomic E-state index is 12.2. The quantitative estimate of drug-likeness (QED) is 0.611. The van der Waals surface area contributed by atoms with Gasteiger partial charge in [-0.25, -0.2) is 0 Å². The first-order valence-electron chi connectivity index (χ1n) is 6.83. The third kappa shape index (κ3) is 3.78. The van der Waals surface area contributed by atoms with E-state index in [2.05, 4.69) is 10.6 Å². The number of carbonyl (C=O) groups is 1. The van der Waals surface area contributed by atoms with E-state index in [-0.39, 0.29) is 11.8 Å². The Morgan fingerprint density at radius 1 is 1.62 bits per heavy atom. The summed E-state index contributed by atoms with van der Waals surface area (Å²) in [6, 6.07) is 3.01. The van der Waals surface area contributed by atoms with E-state index in [4.69, 9.17) is 22.1 Å². The summed E-state index contributed by atoms with van der Waals surface area (Å²) < 4.78 is 5.16. The Labute approximate surface area is 128 Å². The molecule has 0 spiro atoms. The SMILES string of the molecule is COc1cc(N)c(Cl)cc1C(=O)NC[C@@H]1CCNC[C@@H]1O. The summed E-state index contributed by atoms with van der Waals surface area (Å²) in [5.41, 5.74) is 6.38. The topological polar surface area (TPSA) is 96.6 Å². The maximum atomic E-state index is 12.2. The molecule has 1 aromatic carbocycles. The van der Waals surface area contributed by atoms with Crippen LogP contribution >= 0.6 is 11.6 Å². The van der Waals surface area contributed by atoms with Gasteiger partial charge in [-0.05, 0) is 19.0 Å². The number of piperidine rings is 1. The Hall–Kier alpha value is -1.50. The molecule has 1 fully saturated rings. The minimum atomic E-state index is -0.448. The Morgan fingerprint density at radius 2 is 2.38 bits per heavy atom. The summed E-state index contributed by atoms with van der Waals surface area (Å²) in [7, 11) is 1.47. The zero-order chi connectivity index (χ0) is 15.4. The highest BCUT2D eigenvalue weighted by Crippen LogP contribution is 2.28. The van der Waals surface area contributed by atoms with Gasteiger partial charge in [0.25, 0.3) is 5.91 Å². The molecule has 0 aromatic heterocycles. The first-order valence-corrected chi connectivity index (χ1v) is 7.20. The van der Waals surface area contributed by atoms with Gasteiger partial charge < -0.3 is 26.2 Å². The maximum Gasteiger partial charge on any atom is 0.255 e. The van der Waals surface area contributed by atoms with Crippen molar-refractivity contribution in [1.82, 2.24) is 10.6 Å². The van der Waals surface area contributed by atoms with Crippen LogP contribution in [0.1, 0.15) is 16.8 Å².